The first-order chi connectivity index (χ1) is 12.1. The molecule has 1 N–H and O–H groups in total. The number of esters is 1. The molecule has 1 aliphatic carbocycles. The van der Waals surface area contributed by atoms with Crippen molar-refractivity contribution in [2.24, 2.45) is 5.92 Å². The SMILES string of the molecule is O=C(COc1ncc(C(=O)Nc2ccc(F)cc2)cn1)OCC1CC1. The topological polar surface area (TPSA) is 90.4 Å². The van der Waals surface area contributed by atoms with E-state index in [0.717, 1.165) is 12.8 Å². The van der Waals surface area contributed by atoms with Crippen molar-refractivity contribution in [3.05, 3.63) is 48.0 Å². The van der Waals surface area contributed by atoms with E-state index in [-0.39, 0.29) is 18.2 Å². The van der Waals surface area contributed by atoms with Crippen LogP contribution in [-0.2, 0) is 9.53 Å². The summed E-state index contributed by atoms with van der Waals surface area (Å²) in [6.07, 6.45) is 4.74. The fourth-order valence-corrected chi connectivity index (χ4v) is 1.90. The zero-order valence-electron chi connectivity index (χ0n) is 13.3. The molecule has 25 heavy (non-hydrogen) atoms. The van der Waals surface area contributed by atoms with E-state index in [4.69, 9.17) is 9.47 Å². The van der Waals surface area contributed by atoms with Crippen molar-refractivity contribution in [3.8, 4) is 6.01 Å². The van der Waals surface area contributed by atoms with Crippen molar-refractivity contribution in [2.45, 2.75) is 12.8 Å². The summed E-state index contributed by atoms with van der Waals surface area (Å²) in [5.74, 6) is -0.826. The van der Waals surface area contributed by atoms with Crippen LogP contribution < -0.4 is 10.1 Å². The van der Waals surface area contributed by atoms with Crippen molar-refractivity contribution < 1.29 is 23.5 Å². The molecule has 1 heterocycles. The number of rotatable bonds is 7. The van der Waals surface area contributed by atoms with Crippen LogP contribution in [0.25, 0.3) is 0 Å². The molecular weight excluding hydrogens is 329 g/mol. The molecule has 1 fully saturated rings. The predicted molar refractivity (Wildman–Crippen MR) is 85.6 cm³/mol. The maximum absolute atomic E-state index is 12.8. The van der Waals surface area contributed by atoms with Crippen LogP contribution in [0.1, 0.15) is 23.2 Å². The zero-order chi connectivity index (χ0) is 17.6. The number of anilines is 1. The van der Waals surface area contributed by atoms with Gasteiger partial charge in [-0.15, -0.1) is 0 Å². The molecule has 0 bridgehead atoms. The van der Waals surface area contributed by atoms with Crippen LogP contribution in [0.5, 0.6) is 6.01 Å². The van der Waals surface area contributed by atoms with Crippen molar-refractivity contribution in [1.29, 1.82) is 0 Å². The van der Waals surface area contributed by atoms with Crippen molar-refractivity contribution in [2.75, 3.05) is 18.5 Å². The molecule has 2 aromatic rings. The molecule has 7 nitrogen and oxygen atoms in total. The Bertz CT molecular complexity index is 745. The number of hydrogen-bond acceptors (Lipinski definition) is 6. The third-order valence-corrected chi connectivity index (χ3v) is 3.49. The standard InChI is InChI=1S/C17H16FN3O4/c18-13-3-5-14(6-4-13)21-16(23)12-7-19-17(20-8-12)25-10-15(22)24-9-11-1-2-11/h3-8,11H,1-2,9-10H2,(H,21,23). The Morgan fingerprint density at radius 1 is 1.16 bits per heavy atom. The lowest BCUT2D eigenvalue weighted by atomic mass is 10.2. The number of nitrogens with one attached hydrogen (secondary N) is 1. The normalized spacial score (nSPS) is 13.2. The average molecular weight is 345 g/mol. The van der Waals surface area contributed by atoms with E-state index in [1.807, 2.05) is 0 Å². The van der Waals surface area contributed by atoms with Gasteiger partial charge in [-0.25, -0.2) is 19.2 Å². The molecule has 1 amide bonds. The summed E-state index contributed by atoms with van der Waals surface area (Å²) >= 11 is 0. The van der Waals surface area contributed by atoms with Gasteiger partial charge in [0, 0.05) is 18.1 Å². The Morgan fingerprint density at radius 3 is 2.48 bits per heavy atom. The highest BCUT2D eigenvalue weighted by molar-refractivity contribution is 6.03. The van der Waals surface area contributed by atoms with Gasteiger partial charge < -0.3 is 14.8 Å². The molecule has 1 aromatic carbocycles. The minimum absolute atomic E-state index is 0.0262. The lowest BCUT2D eigenvalue weighted by Crippen LogP contribution is -2.17. The van der Waals surface area contributed by atoms with Crippen LogP contribution in [0.4, 0.5) is 10.1 Å². The fraction of sp³-hybridized carbons (Fsp3) is 0.294. The number of nitrogens with zero attached hydrogens (tertiary/aromatic N) is 2. The summed E-state index contributed by atoms with van der Waals surface area (Å²) in [6.45, 7) is 0.138. The largest absolute Gasteiger partial charge is 0.463 e. The maximum atomic E-state index is 12.8. The highest BCUT2D eigenvalue weighted by atomic mass is 19.1. The minimum Gasteiger partial charge on any atom is -0.463 e. The highest BCUT2D eigenvalue weighted by Crippen LogP contribution is 2.28. The number of benzene rings is 1. The molecule has 0 spiro atoms. The van der Waals surface area contributed by atoms with E-state index in [9.17, 15) is 14.0 Å². The van der Waals surface area contributed by atoms with Gasteiger partial charge in [0.15, 0.2) is 6.61 Å². The number of carbonyl (C=O) groups is 2. The van der Waals surface area contributed by atoms with Crippen LogP contribution in [-0.4, -0.2) is 35.1 Å². The van der Waals surface area contributed by atoms with Crippen LogP contribution in [0, 0.1) is 11.7 Å². The molecule has 0 unspecified atom stereocenters. The molecule has 1 aromatic heterocycles. The lowest BCUT2D eigenvalue weighted by Gasteiger charge is -2.06. The van der Waals surface area contributed by atoms with E-state index >= 15 is 0 Å². The van der Waals surface area contributed by atoms with Crippen LogP contribution >= 0.6 is 0 Å². The van der Waals surface area contributed by atoms with E-state index in [1.165, 1.54) is 36.7 Å². The van der Waals surface area contributed by atoms with Gasteiger partial charge in [-0.05, 0) is 43.0 Å². The predicted octanol–water partition coefficient (Wildman–Crippen LogP) is 2.20. The van der Waals surface area contributed by atoms with Gasteiger partial charge in [0.2, 0.25) is 0 Å². The molecule has 0 atom stereocenters. The Hall–Kier alpha value is -3.03. The fourth-order valence-electron chi connectivity index (χ4n) is 1.90. The van der Waals surface area contributed by atoms with Gasteiger partial charge >= 0.3 is 12.0 Å². The minimum atomic E-state index is -0.478. The summed E-state index contributed by atoms with van der Waals surface area (Å²) in [5, 5.41) is 2.59. The van der Waals surface area contributed by atoms with Crippen molar-refractivity contribution >= 4 is 17.6 Å². The summed E-state index contributed by atoms with van der Waals surface area (Å²) < 4.78 is 23.0. The van der Waals surface area contributed by atoms with E-state index in [2.05, 4.69) is 15.3 Å². The van der Waals surface area contributed by atoms with Gasteiger partial charge in [-0.3, -0.25) is 4.79 Å². The molecule has 0 saturated heterocycles. The molecule has 3 rings (SSSR count). The Morgan fingerprint density at radius 2 is 1.84 bits per heavy atom. The van der Waals surface area contributed by atoms with E-state index < -0.39 is 17.7 Å². The maximum Gasteiger partial charge on any atom is 0.344 e. The van der Waals surface area contributed by atoms with Gasteiger partial charge in [0.25, 0.3) is 5.91 Å². The number of carbonyl (C=O) groups excluding carboxylic acids is 2. The van der Waals surface area contributed by atoms with Crippen LogP contribution in [0.15, 0.2) is 36.7 Å². The van der Waals surface area contributed by atoms with Crippen LogP contribution in [0.2, 0.25) is 0 Å². The molecule has 8 heteroatoms. The Kier molecular flexibility index (Phi) is 5.17. The molecule has 1 saturated carbocycles. The summed E-state index contributed by atoms with van der Waals surface area (Å²) in [5.41, 5.74) is 0.651. The van der Waals surface area contributed by atoms with Crippen LogP contribution in [0.3, 0.4) is 0 Å². The smallest absolute Gasteiger partial charge is 0.344 e. The van der Waals surface area contributed by atoms with E-state index in [0.29, 0.717) is 18.2 Å². The first kappa shape index (κ1) is 16.8. The quantitative estimate of drug-likeness (QED) is 0.774. The Balaban J connectivity index is 1.48. The molecule has 130 valence electrons. The zero-order valence-corrected chi connectivity index (χ0v) is 13.3. The first-order valence-corrected chi connectivity index (χ1v) is 7.77. The third kappa shape index (κ3) is 5.23. The highest BCUT2D eigenvalue weighted by Gasteiger charge is 2.23. The second-order valence-electron chi connectivity index (χ2n) is 5.63. The molecular formula is C17H16FN3O4. The summed E-state index contributed by atoms with van der Waals surface area (Å²) in [4.78, 5) is 31.2. The number of ether oxygens (including phenoxy) is 2. The van der Waals surface area contributed by atoms with Gasteiger partial charge in [0.05, 0.1) is 12.2 Å². The van der Waals surface area contributed by atoms with Gasteiger partial charge in [-0.1, -0.05) is 0 Å². The van der Waals surface area contributed by atoms with E-state index in [1.54, 1.807) is 0 Å². The third-order valence-electron chi connectivity index (χ3n) is 3.49. The van der Waals surface area contributed by atoms with Crippen molar-refractivity contribution in [1.82, 2.24) is 9.97 Å². The Labute approximate surface area is 143 Å². The lowest BCUT2D eigenvalue weighted by molar-refractivity contribution is -0.146. The number of halogens is 1. The summed E-state index contributed by atoms with van der Waals surface area (Å²) in [7, 11) is 0. The van der Waals surface area contributed by atoms with Crippen molar-refractivity contribution in [3.63, 3.8) is 0 Å². The second-order valence-corrected chi connectivity index (χ2v) is 5.63. The molecule has 0 radical (unpaired) electrons. The van der Waals surface area contributed by atoms with Gasteiger partial charge in [0.1, 0.15) is 5.82 Å². The first-order valence-electron chi connectivity index (χ1n) is 7.77. The van der Waals surface area contributed by atoms with Gasteiger partial charge in [-0.2, -0.15) is 0 Å². The average Bonchev–Trinajstić information content (AvgIpc) is 3.45. The number of aromatic nitrogens is 2. The molecule has 0 aliphatic heterocycles. The molecule has 1 aliphatic rings. The number of hydrogen-bond donors (Lipinski definition) is 1. The number of amides is 1. The summed E-state index contributed by atoms with van der Waals surface area (Å²) in [6, 6.07) is 5.34. The monoisotopic (exact) mass is 345 g/mol. The second kappa shape index (κ2) is 7.69.